The van der Waals surface area contributed by atoms with Gasteiger partial charge in [0.25, 0.3) is 0 Å². The van der Waals surface area contributed by atoms with Crippen molar-refractivity contribution in [1.82, 2.24) is 20.2 Å². The van der Waals surface area contributed by atoms with E-state index in [0.29, 0.717) is 22.8 Å². The summed E-state index contributed by atoms with van der Waals surface area (Å²) in [6.45, 7) is 3.83. The quantitative estimate of drug-likeness (QED) is 0.660. The van der Waals surface area contributed by atoms with E-state index in [2.05, 4.69) is 20.7 Å². The fourth-order valence-electron chi connectivity index (χ4n) is 2.58. The number of nitrogens with zero attached hydrogens (tertiary/aromatic N) is 4. The molecule has 6 nitrogen and oxygen atoms in total. The molecule has 0 saturated heterocycles. The van der Waals surface area contributed by atoms with Crippen LogP contribution in [0, 0.1) is 0 Å². The van der Waals surface area contributed by atoms with Gasteiger partial charge in [-0.25, -0.2) is 0 Å². The second-order valence-corrected chi connectivity index (χ2v) is 6.36. The van der Waals surface area contributed by atoms with Crippen LogP contribution in [0.3, 0.4) is 0 Å². The molecule has 28 heavy (non-hydrogen) atoms. The Hall–Kier alpha value is -2.94. The molecule has 1 heterocycles. The zero-order valence-corrected chi connectivity index (χ0v) is 15.6. The Kier molecular flexibility index (Phi) is 5.64. The van der Waals surface area contributed by atoms with E-state index in [9.17, 15) is 13.2 Å². The van der Waals surface area contributed by atoms with Crippen molar-refractivity contribution < 1.29 is 17.9 Å². The Morgan fingerprint density at radius 2 is 1.71 bits per heavy atom. The summed E-state index contributed by atoms with van der Waals surface area (Å²) in [5.74, 6) is 0.408. The summed E-state index contributed by atoms with van der Waals surface area (Å²) in [4.78, 5) is 1.48. The number of anilines is 2. The van der Waals surface area contributed by atoms with E-state index in [1.807, 2.05) is 32.0 Å². The van der Waals surface area contributed by atoms with Gasteiger partial charge in [-0.2, -0.15) is 18.0 Å². The summed E-state index contributed by atoms with van der Waals surface area (Å²) in [6.07, 6.45) is -4.46. The maximum Gasteiger partial charge on any atom is 0.416 e. The van der Waals surface area contributed by atoms with Gasteiger partial charge in [-0.15, -0.1) is 10.2 Å². The number of hydrogen-bond donors (Lipinski definition) is 1. The number of aromatic nitrogens is 4. The summed E-state index contributed by atoms with van der Waals surface area (Å²) >= 11 is 0. The average Bonchev–Trinajstić information content (AvgIpc) is 3.17. The minimum Gasteiger partial charge on any atom is -0.379 e. The number of ether oxygens (including phenoxy) is 1. The number of halogens is 3. The molecule has 0 aliphatic heterocycles. The third-order valence-corrected chi connectivity index (χ3v) is 4.50. The van der Waals surface area contributed by atoms with Crippen LogP contribution in [0.4, 0.5) is 24.5 Å². The zero-order valence-electron chi connectivity index (χ0n) is 15.6. The first-order valence-corrected chi connectivity index (χ1v) is 8.65. The average molecular weight is 391 g/mol. The van der Waals surface area contributed by atoms with Crippen molar-refractivity contribution in [3.63, 3.8) is 0 Å². The molecule has 1 unspecified atom stereocenters. The predicted octanol–water partition coefficient (Wildman–Crippen LogP) is 4.70. The predicted molar refractivity (Wildman–Crippen MR) is 99.2 cm³/mol. The van der Waals surface area contributed by atoms with Crippen LogP contribution in [0.15, 0.2) is 48.5 Å². The molecule has 0 amide bonds. The van der Waals surface area contributed by atoms with E-state index in [0.717, 1.165) is 12.1 Å². The van der Waals surface area contributed by atoms with Gasteiger partial charge >= 0.3 is 6.18 Å². The Morgan fingerprint density at radius 3 is 2.36 bits per heavy atom. The number of tetrazole rings is 1. The van der Waals surface area contributed by atoms with Gasteiger partial charge in [0.05, 0.1) is 17.7 Å². The molecule has 0 aliphatic rings. The molecule has 0 radical (unpaired) electrons. The van der Waals surface area contributed by atoms with Crippen molar-refractivity contribution in [3.8, 4) is 11.4 Å². The first-order valence-electron chi connectivity index (χ1n) is 8.65. The van der Waals surface area contributed by atoms with Gasteiger partial charge in [-0.1, -0.05) is 12.1 Å². The molecule has 2 atom stereocenters. The summed E-state index contributed by atoms with van der Waals surface area (Å²) in [5, 5.41) is 15.7. The number of benzene rings is 2. The molecule has 3 aromatic rings. The lowest BCUT2D eigenvalue weighted by atomic mass is 10.1. The second kappa shape index (κ2) is 7.97. The third-order valence-electron chi connectivity index (χ3n) is 4.50. The van der Waals surface area contributed by atoms with Crippen LogP contribution in [0.25, 0.3) is 11.4 Å². The van der Waals surface area contributed by atoms with Gasteiger partial charge in [0.15, 0.2) is 0 Å². The van der Waals surface area contributed by atoms with E-state index in [-0.39, 0.29) is 12.1 Å². The molecule has 9 heteroatoms. The summed E-state index contributed by atoms with van der Waals surface area (Å²) < 4.78 is 43.5. The molecule has 148 valence electrons. The highest BCUT2D eigenvalue weighted by atomic mass is 19.4. The highest BCUT2D eigenvalue weighted by Gasteiger charge is 2.30. The van der Waals surface area contributed by atoms with Gasteiger partial charge in [0, 0.05) is 24.0 Å². The van der Waals surface area contributed by atoms with E-state index < -0.39 is 11.7 Å². The van der Waals surface area contributed by atoms with Gasteiger partial charge < -0.3 is 10.1 Å². The molecule has 0 bridgehead atoms. The van der Waals surface area contributed by atoms with Crippen molar-refractivity contribution in [1.29, 1.82) is 0 Å². The van der Waals surface area contributed by atoms with Crippen LogP contribution in [-0.2, 0) is 10.9 Å². The van der Waals surface area contributed by atoms with Crippen molar-refractivity contribution in [2.45, 2.75) is 32.2 Å². The summed E-state index contributed by atoms with van der Waals surface area (Å²) in [6, 6.07) is 12.0. The van der Waals surface area contributed by atoms with Crippen LogP contribution in [0.1, 0.15) is 25.5 Å². The van der Waals surface area contributed by atoms with Gasteiger partial charge in [-0.3, -0.25) is 0 Å². The highest BCUT2D eigenvalue weighted by Crippen LogP contribution is 2.32. The number of methoxy groups -OCH3 is 1. The number of hydrogen-bond acceptors (Lipinski definition) is 5. The lowest BCUT2D eigenvalue weighted by Crippen LogP contribution is -2.22. The minimum absolute atomic E-state index is 0.0948. The van der Waals surface area contributed by atoms with Crippen molar-refractivity contribution in [2.75, 3.05) is 12.4 Å². The Labute approximate surface area is 160 Å². The molecule has 0 spiro atoms. The van der Waals surface area contributed by atoms with Gasteiger partial charge in [0.1, 0.15) is 0 Å². The topological polar surface area (TPSA) is 64.9 Å². The first kappa shape index (κ1) is 19.8. The molecule has 0 saturated carbocycles. The molecule has 1 N–H and O–H groups in total. The monoisotopic (exact) mass is 391 g/mol. The molecule has 2 aromatic carbocycles. The van der Waals surface area contributed by atoms with E-state index in [4.69, 9.17) is 4.74 Å². The van der Waals surface area contributed by atoms with E-state index in [1.165, 1.54) is 16.9 Å². The Morgan fingerprint density at radius 1 is 1.04 bits per heavy atom. The van der Waals surface area contributed by atoms with Crippen LogP contribution in [0.2, 0.25) is 0 Å². The van der Waals surface area contributed by atoms with Crippen molar-refractivity contribution in [3.05, 3.63) is 54.1 Å². The molecular weight excluding hydrogens is 371 g/mol. The maximum atomic E-state index is 12.7. The fraction of sp³-hybridized carbons (Fsp3) is 0.316. The van der Waals surface area contributed by atoms with Crippen LogP contribution in [-0.4, -0.2) is 33.4 Å². The third kappa shape index (κ3) is 4.30. The zero-order chi connectivity index (χ0) is 20.3. The molecule has 1 aromatic heterocycles. The number of alkyl halides is 3. The van der Waals surface area contributed by atoms with Crippen molar-refractivity contribution >= 4 is 11.4 Å². The smallest absolute Gasteiger partial charge is 0.379 e. The van der Waals surface area contributed by atoms with E-state index >= 15 is 0 Å². The lowest BCUT2D eigenvalue weighted by molar-refractivity contribution is -0.137. The number of nitrogens with one attached hydrogen (secondary N) is 1. The maximum absolute atomic E-state index is 12.7. The van der Waals surface area contributed by atoms with Gasteiger partial charge in [-0.05, 0) is 55.5 Å². The molecule has 3 rings (SSSR count). The minimum atomic E-state index is -4.37. The lowest BCUT2D eigenvalue weighted by Gasteiger charge is -2.16. The van der Waals surface area contributed by atoms with Crippen LogP contribution < -0.4 is 5.32 Å². The number of rotatable bonds is 6. The molecular formula is C19H20F3N5O. The first-order chi connectivity index (χ1) is 13.3. The largest absolute Gasteiger partial charge is 0.416 e. The highest BCUT2D eigenvalue weighted by molar-refractivity contribution is 5.77. The molecule has 0 aliphatic carbocycles. The van der Waals surface area contributed by atoms with Crippen LogP contribution in [0.5, 0.6) is 0 Å². The summed E-state index contributed by atoms with van der Waals surface area (Å²) in [5.41, 5.74) is 1.17. The number of para-hydroxylation sites is 1. The van der Waals surface area contributed by atoms with E-state index in [1.54, 1.807) is 13.2 Å². The SMILES string of the molecule is COC(C)[C@H](C)n1nnc(-c2ccccc2Nc2ccc(C(F)(F)F)cc2)n1. The van der Waals surface area contributed by atoms with Gasteiger partial charge in [0.2, 0.25) is 5.82 Å². The Balaban J connectivity index is 1.85. The molecule has 0 fully saturated rings. The van der Waals surface area contributed by atoms with Crippen LogP contribution >= 0.6 is 0 Å². The Bertz CT molecular complexity index is 924. The standard InChI is InChI=1S/C19H20F3N5O/c1-12(13(2)28-3)27-25-18(24-26-27)16-6-4-5-7-17(16)23-15-10-8-14(9-11-15)19(20,21)22/h4-13,23H,1-3H3/t12-,13?/m0/s1. The fourth-order valence-corrected chi connectivity index (χ4v) is 2.58. The normalized spacial score (nSPS) is 13.9. The summed E-state index contributed by atoms with van der Waals surface area (Å²) in [7, 11) is 1.61. The van der Waals surface area contributed by atoms with Crippen molar-refractivity contribution in [2.24, 2.45) is 0 Å². The second-order valence-electron chi connectivity index (χ2n) is 6.36.